The van der Waals surface area contributed by atoms with E-state index in [0.717, 1.165) is 18.1 Å². The number of piperidine rings is 1. The van der Waals surface area contributed by atoms with Crippen molar-refractivity contribution in [2.24, 2.45) is 5.92 Å². The number of rotatable bonds is 4. The molecule has 3 atom stereocenters. The first-order valence-electron chi connectivity index (χ1n) is 7.39. The van der Waals surface area contributed by atoms with Crippen LogP contribution in [0, 0.1) is 5.92 Å². The second-order valence-electron chi connectivity index (χ2n) is 5.62. The maximum absolute atomic E-state index is 5.97. The largest absolute Gasteiger partial charge is 0.368 e. The molecule has 0 spiro atoms. The van der Waals surface area contributed by atoms with Crippen LogP contribution in [0.3, 0.4) is 0 Å². The number of nitrogens with one attached hydrogen (secondary N) is 1. The van der Waals surface area contributed by atoms with Crippen molar-refractivity contribution in [1.29, 1.82) is 0 Å². The van der Waals surface area contributed by atoms with Gasteiger partial charge in [0.2, 0.25) is 0 Å². The highest BCUT2D eigenvalue weighted by atomic mass is 35.5. The van der Waals surface area contributed by atoms with Crippen LogP contribution in [0.25, 0.3) is 0 Å². The van der Waals surface area contributed by atoms with Crippen LogP contribution in [0.1, 0.15) is 33.6 Å². The fourth-order valence-corrected chi connectivity index (χ4v) is 3.11. The van der Waals surface area contributed by atoms with E-state index in [4.69, 9.17) is 11.6 Å². The molecular weight excluding hydrogens is 256 g/mol. The third-order valence-electron chi connectivity index (χ3n) is 4.38. The Hall–Kier alpha value is -0.730. The molecule has 0 bridgehead atoms. The Labute approximate surface area is 122 Å². The van der Waals surface area contributed by atoms with Gasteiger partial charge in [0.05, 0.1) is 0 Å². The molecule has 3 heteroatoms. The van der Waals surface area contributed by atoms with Gasteiger partial charge in [0.15, 0.2) is 0 Å². The van der Waals surface area contributed by atoms with Crippen molar-refractivity contribution in [2.75, 3.05) is 18.0 Å². The minimum absolute atomic E-state index is 0.560. The molecule has 2 rings (SSSR count). The van der Waals surface area contributed by atoms with Crippen molar-refractivity contribution in [1.82, 2.24) is 5.32 Å². The third-order valence-corrected chi connectivity index (χ3v) is 4.63. The third kappa shape index (κ3) is 3.43. The molecule has 1 heterocycles. The average Bonchev–Trinajstić information content (AvgIpc) is 2.42. The molecule has 0 aromatic heterocycles. The molecule has 1 aromatic rings. The first kappa shape index (κ1) is 14.7. The topological polar surface area (TPSA) is 15.3 Å². The summed E-state index contributed by atoms with van der Waals surface area (Å²) in [6.45, 7) is 9.17. The van der Waals surface area contributed by atoms with E-state index in [1.807, 2.05) is 12.1 Å². The molecular formula is C16H25ClN2. The van der Waals surface area contributed by atoms with Crippen LogP contribution in [-0.2, 0) is 0 Å². The van der Waals surface area contributed by atoms with Gasteiger partial charge in [0, 0.05) is 29.3 Å². The Morgan fingerprint density at radius 2 is 1.95 bits per heavy atom. The Kier molecular flexibility index (Phi) is 5.12. The predicted molar refractivity (Wildman–Crippen MR) is 84.1 cm³/mol. The summed E-state index contributed by atoms with van der Waals surface area (Å²) < 4.78 is 0. The van der Waals surface area contributed by atoms with Crippen molar-refractivity contribution < 1.29 is 0 Å². The molecule has 1 aliphatic rings. The molecule has 3 unspecified atom stereocenters. The smallest absolute Gasteiger partial charge is 0.0407 e. The average molecular weight is 281 g/mol. The van der Waals surface area contributed by atoms with Gasteiger partial charge in [-0.05, 0) is 56.5 Å². The molecule has 1 fully saturated rings. The quantitative estimate of drug-likeness (QED) is 0.899. The molecule has 0 radical (unpaired) electrons. The SMILES string of the molecule is CCCNC1CCN(c2ccc(Cl)cc2)C(C)C1C. The Bertz CT molecular complexity index is 390. The number of benzene rings is 1. The first-order valence-corrected chi connectivity index (χ1v) is 7.77. The van der Waals surface area contributed by atoms with Gasteiger partial charge in [-0.15, -0.1) is 0 Å². The van der Waals surface area contributed by atoms with E-state index in [0.29, 0.717) is 18.0 Å². The van der Waals surface area contributed by atoms with Crippen molar-refractivity contribution >= 4 is 17.3 Å². The highest BCUT2D eigenvalue weighted by Gasteiger charge is 2.31. The lowest BCUT2D eigenvalue weighted by atomic mass is 9.86. The Balaban J connectivity index is 2.04. The summed E-state index contributed by atoms with van der Waals surface area (Å²) in [5.41, 5.74) is 1.29. The van der Waals surface area contributed by atoms with Crippen LogP contribution in [0.4, 0.5) is 5.69 Å². The van der Waals surface area contributed by atoms with Gasteiger partial charge in [-0.2, -0.15) is 0 Å². The summed E-state index contributed by atoms with van der Waals surface area (Å²) in [5, 5.41) is 4.49. The van der Waals surface area contributed by atoms with Gasteiger partial charge in [-0.25, -0.2) is 0 Å². The minimum Gasteiger partial charge on any atom is -0.368 e. The van der Waals surface area contributed by atoms with E-state index < -0.39 is 0 Å². The molecule has 0 saturated carbocycles. The van der Waals surface area contributed by atoms with Crippen molar-refractivity contribution in [3.63, 3.8) is 0 Å². The summed E-state index contributed by atoms with van der Waals surface area (Å²) in [5.74, 6) is 0.663. The lowest BCUT2D eigenvalue weighted by molar-refractivity contribution is 0.271. The van der Waals surface area contributed by atoms with Gasteiger partial charge < -0.3 is 10.2 Å². The zero-order valence-electron chi connectivity index (χ0n) is 12.2. The Morgan fingerprint density at radius 3 is 2.58 bits per heavy atom. The van der Waals surface area contributed by atoms with Crippen molar-refractivity contribution in [3.8, 4) is 0 Å². The van der Waals surface area contributed by atoms with Crippen LogP contribution in [0.15, 0.2) is 24.3 Å². The zero-order chi connectivity index (χ0) is 13.8. The summed E-state index contributed by atoms with van der Waals surface area (Å²) in [6, 6.07) is 9.44. The fourth-order valence-electron chi connectivity index (χ4n) is 2.98. The number of nitrogens with zero attached hydrogens (tertiary/aromatic N) is 1. The highest BCUT2D eigenvalue weighted by molar-refractivity contribution is 6.30. The molecule has 19 heavy (non-hydrogen) atoms. The zero-order valence-corrected chi connectivity index (χ0v) is 13.0. The Morgan fingerprint density at radius 1 is 1.26 bits per heavy atom. The van der Waals surface area contributed by atoms with Gasteiger partial charge >= 0.3 is 0 Å². The number of halogens is 1. The lowest BCUT2D eigenvalue weighted by Crippen LogP contribution is -2.53. The van der Waals surface area contributed by atoms with Gasteiger partial charge in [-0.3, -0.25) is 0 Å². The van der Waals surface area contributed by atoms with Crippen LogP contribution in [0.2, 0.25) is 5.02 Å². The maximum atomic E-state index is 5.97. The van der Waals surface area contributed by atoms with Crippen molar-refractivity contribution in [2.45, 2.75) is 45.7 Å². The number of hydrogen-bond donors (Lipinski definition) is 1. The van der Waals surface area contributed by atoms with Gasteiger partial charge in [0.1, 0.15) is 0 Å². The molecule has 0 amide bonds. The predicted octanol–water partition coefficient (Wildman–Crippen LogP) is 3.94. The number of anilines is 1. The van der Waals surface area contributed by atoms with E-state index in [1.54, 1.807) is 0 Å². The van der Waals surface area contributed by atoms with Gasteiger partial charge in [0.25, 0.3) is 0 Å². The monoisotopic (exact) mass is 280 g/mol. The minimum atomic E-state index is 0.560. The van der Waals surface area contributed by atoms with E-state index in [1.165, 1.54) is 18.5 Å². The van der Waals surface area contributed by atoms with E-state index in [9.17, 15) is 0 Å². The molecule has 1 aromatic carbocycles. The molecule has 0 aliphatic carbocycles. The molecule has 106 valence electrons. The van der Waals surface area contributed by atoms with E-state index >= 15 is 0 Å². The fraction of sp³-hybridized carbons (Fsp3) is 0.625. The van der Waals surface area contributed by atoms with E-state index in [2.05, 4.69) is 43.1 Å². The first-order chi connectivity index (χ1) is 9.13. The maximum Gasteiger partial charge on any atom is 0.0407 e. The summed E-state index contributed by atoms with van der Waals surface area (Å²) in [4.78, 5) is 2.51. The number of hydrogen-bond acceptors (Lipinski definition) is 2. The van der Waals surface area contributed by atoms with Crippen molar-refractivity contribution in [3.05, 3.63) is 29.3 Å². The van der Waals surface area contributed by atoms with Crippen LogP contribution < -0.4 is 10.2 Å². The molecule has 1 N–H and O–H groups in total. The van der Waals surface area contributed by atoms with Crippen LogP contribution in [0.5, 0.6) is 0 Å². The summed E-state index contributed by atoms with van der Waals surface area (Å²) in [7, 11) is 0. The molecule has 2 nitrogen and oxygen atoms in total. The molecule has 1 aliphatic heterocycles. The standard InChI is InChI=1S/C16H25ClN2/c1-4-10-18-16-9-11-19(13(3)12(16)2)15-7-5-14(17)6-8-15/h5-8,12-13,16,18H,4,9-11H2,1-3H3. The van der Waals surface area contributed by atoms with Crippen LogP contribution >= 0.6 is 11.6 Å². The second kappa shape index (κ2) is 6.62. The summed E-state index contributed by atoms with van der Waals surface area (Å²) >= 11 is 5.97. The lowest BCUT2D eigenvalue weighted by Gasteiger charge is -2.44. The normalized spacial score (nSPS) is 27.6. The highest BCUT2D eigenvalue weighted by Crippen LogP contribution is 2.29. The molecule has 1 saturated heterocycles. The second-order valence-corrected chi connectivity index (χ2v) is 6.06. The van der Waals surface area contributed by atoms with E-state index in [-0.39, 0.29) is 0 Å². The summed E-state index contributed by atoms with van der Waals surface area (Å²) in [6.07, 6.45) is 2.42. The van der Waals surface area contributed by atoms with Gasteiger partial charge in [-0.1, -0.05) is 25.4 Å². The van der Waals surface area contributed by atoms with Crippen LogP contribution in [-0.4, -0.2) is 25.2 Å².